The van der Waals surface area contributed by atoms with Gasteiger partial charge in [0.1, 0.15) is 0 Å². The number of aryl methyl sites for hydroxylation is 2. The van der Waals surface area contributed by atoms with Crippen LogP contribution in [0.15, 0.2) is 16.0 Å². The predicted molar refractivity (Wildman–Crippen MR) is 88.7 cm³/mol. The first-order valence-corrected chi connectivity index (χ1v) is 8.91. The minimum absolute atomic E-state index is 0.280. The summed E-state index contributed by atoms with van der Waals surface area (Å²) in [5, 5.41) is 0. The van der Waals surface area contributed by atoms with Crippen LogP contribution in [0.1, 0.15) is 9.75 Å². The number of rotatable bonds is 5. The molecule has 0 amide bonds. The number of aliphatic imine (C=N–C) groups is 1. The molecule has 21 heavy (non-hydrogen) atoms. The van der Waals surface area contributed by atoms with Gasteiger partial charge in [-0.05, 0) is 19.9 Å². The Bertz CT molecular complexity index is 594. The zero-order chi connectivity index (χ0) is 16.2. The van der Waals surface area contributed by atoms with Crippen molar-refractivity contribution in [3.63, 3.8) is 0 Å². The van der Waals surface area contributed by atoms with Gasteiger partial charge in [0, 0.05) is 44.5 Å². The second-order valence-electron chi connectivity index (χ2n) is 5.15. The molecule has 1 aromatic rings. The fourth-order valence-corrected chi connectivity index (χ4v) is 4.54. The number of hydrogen-bond donors (Lipinski definition) is 1. The van der Waals surface area contributed by atoms with Gasteiger partial charge in [0.2, 0.25) is 10.0 Å². The van der Waals surface area contributed by atoms with Crippen LogP contribution in [0.5, 0.6) is 0 Å². The van der Waals surface area contributed by atoms with Crippen molar-refractivity contribution in [2.24, 2.45) is 4.99 Å². The Morgan fingerprint density at radius 1 is 1.24 bits per heavy atom. The van der Waals surface area contributed by atoms with Crippen molar-refractivity contribution in [1.82, 2.24) is 14.5 Å². The van der Waals surface area contributed by atoms with Crippen LogP contribution >= 0.6 is 11.3 Å². The lowest BCUT2D eigenvalue weighted by atomic mass is 10.4. The molecule has 0 fully saturated rings. The van der Waals surface area contributed by atoms with Crippen LogP contribution < -0.4 is 4.72 Å². The van der Waals surface area contributed by atoms with Gasteiger partial charge < -0.3 is 9.80 Å². The smallest absolute Gasteiger partial charge is 0.241 e. The molecule has 0 radical (unpaired) electrons. The third-order valence-corrected chi connectivity index (χ3v) is 5.42. The Hall–Kier alpha value is -1.12. The third kappa shape index (κ3) is 4.98. The van der Waals surface area contributed by atoms with E-state index in [0.717, 1.165) is 15.7 Å². The van der Waals surface area contributed by atoms with Crippen LogP contribution in [0.3, 0.4) is 0 Å². The number of guanidine groups is 1. The lowest BCUT2D eigenvalue weighted by Gasteiger charge is -2.22. The summed E-state index contributed by atoms with van der Waals surface area (Å²) in [7, 11) is 4.17. The maximum Gasteiger partial charge on any atom is 0.241 e. The van der Waals surface area contributed by atoms with Crippen LogP contribution in [0.2, 0.25) is 0 Å². The average molecular weight is 332 g/mol. The van der Waals surface area contributed by atoms with Crippen LogP contribution in [-0.2, 0) is 10.0 Å². The number of nitrogens with one attached hydrogen (secondary N) is 1. The lowest BCUT2D eigenvalue weighted by Crippen LogP contribution is -2.36. The summed E-state index contributed by atoms with van der Waals surface area (Å²) in [5.74, 6) is 0.803. The van der Waals surface area contributed by atoms with E-state index in [9.17, 15) is 8.42 Å². The van der Waals surface area contributed by atoms with Gasteiger partial charge in [0.15, 0.2) is 5.96 Å². The molecule has 0 aromatic carbocycles. The summed E-state index contributed by atoms with van der Waals surface area (Å²) in [5.41, 5.74) is 0. The summed E-state index contributed by atoms with van der Waals surface area (Å²) in [6.45, 7) is 4.40. The van der Waals surface area contributed by atoms with E-state index in [-0.39, 0.29) is 6.54 Å². The molecular weight excluding hydrogens is 308 g/mol. The summed E-state index contributed by atoms with van der Waals surface area (Å²) in [6, 6.07) is 1.71. The highest BCUT2D eigenvalue weighted by Crippen LogP contribution is 2.24. The zero-order valence-electron chi connectivity index (χ0n) is 13.5. The number of sulfonamides is 1. The van der Waals surface area contributed by atoms with Gasteiger partial charge in [-0.2, -0.15) is 0 Å². The molecule has 120 valence electrons. The highest BCUT2D eigenvalue weighted by molar-refractivity contribution is 7.89. The molecule has 8 heteroatoms. The van der Waals surface area contributed by atoms with Crippen molar-refractivity contribution in [1.29, 1.82) is 0 Å². The summed E-state index contributed by atoms with van der Waals surface area (Å²) in [4.78, 5) is 10.3. The lowest BCUT2D eigenvalue weighted by molar-refractivity contribution is 0.479. The van der Waals surface area contributed by atoms with Gasteiger partial charge in [-0.15, -0.1) is 11.3 Å². The molecule has 0 aliphatic carbocycles. The molecule has 0 unspecified atom stereocenters. The molecule has 0 bridgehead atoms. The van der Waals surface area contributed by atoms with Gasteiger partial charge in [0.25, 0.3) is 0 Å². The quantitative estimate of drug-likeness (QED) is 0.499. The minimum Gasteiger partial charge on any atom is -0.349 e. The second kappa shape index (κ2) is 7.24. The maximum atomic E-state index is 12.2. The highest BCUT2D eigenvalue weighted by Gasteiger charge is 2.18. The van der Waals surface area contributed by atoms with E-state index in [2.05, 4.69) is 9.71 Å². The van der Waals surface area contributed by atoms with Gasteiger partial charge in [-0.25, -0.2) is 13.1 Å². The van der Waals surface area contributed by atoms with E-state index in [4.69, 9.17) is 0 Å². The number of hydrogen-bond acceptors (Lipinski definition) is 4. The van der Waals surface area contributed by atoms with E-state index in [1.165, 1.54) is 11.3 Å². The van der Waals surface area contributed by atoms with E-state index in [1.807, 2.05) is 51.8 Å². The van der Waals surface area contributed by atoms with E-state index >= 15 is 0 Å². The van der Waals surface area contributed by atoms with Crippen LogP contribution in [-0.4, -0.2) is 65.5 Å². The van der Waals surface area contributed by atoms with Crippen molar-refractivity contribution in [2.45, 2.75) is 18.7 Å². The van der Waals surface area contributed by atoms with Gasteiger partial charge in [-0.1, -0.05) is 0 Å². The summed E-state index contributed by atoms with van der Waals surface area (Å²) < 4.78 is 27.0. The SMILES string of the molecule is Cc1cc(S(=O)(=O)NCCN=C(N(C)C)N(C)C)c(C)s1. The second-order valence-corrected chi connectivity index (χ2v) is 8.34. The Morgan fingerprint density at radius 2 is 1.81 bits per heavy atom. The average Bonchev–Trinajstić information content (AvgIpc) is 2.67. The normalized spacial score (nSPS) is 11.3. The topological polar surface area (TPSA) is 65.0 Å². The van der Waals surface area contributed by atoms with Crippen molar-refractivity contribution >= 4 is 27.3 Å². The van der Waals surface area contributed by atoms with Gasteiger partial charge in [-0.3, -0.25) is 4.99 Å². The number of nitrogens with zero attached hydrogens (tertiary/aromatic N) is 3. The predicted octanol–water partition coefficient (Wildman–Crippen LogP) is 1.12. The van der Waals surface area contributed by atoms with Crippen molar-refractivity contribution in [3.8, 4) is 0 Å². The minimum atomic E-state index is -3.44. The monoisotopic (exact) mass is 332 g/mol. The third-order valence-electron chi connectivity index (χ3n) is 2.74. The van der Waals surface area contributed by atoms with Crippen molar-refractivity contribution in [2.75, 3.05) is 41.3 Å². The molecular formula is C13H24N4O2S2. The first-order valence-electron chi connectivity index (χ1n) is 6.61. The Balaban J connectivity index is 2.67. The molecule has 1 aromatic heterocycles. The van der Waals surface area contributed by atoms with Gasteiger partial charge >= 0.3 is 0 Å². The Kier molecular flexibility index (Phi) is 6.18. The largest absolute Gasteiger partial charge is 0.349 e. The fraction of sp³-hybridized carbons (Fsp3) is 0.615. The van der Waals surface area contributed by atoms with Crippen LogP contribution in [0.4, 0.5) is 0 Å². The van der Waals surface area contributed by atoms with Crippen molar-refractivity contribution < 1.29 is 8.42 Å². The van der Waals surface area contributed by atoms with E-state index in [0.29, 0.717) is 11.4 Å². The molecule has 1 rings (SSSR count). The molecule has 1 N–H and O–H groups in total. The summed E-state index contributed by atoms with van der Waals surface area (Å²) >= 11 is 1.49. The zero-order valence-corrected chi connectivity index (χ0v) is 15.1. The molecule has 0 atom stereocenters. The maximum absolute atomic E-state index is 12.2. The van der Waals surface area contributed by atoms with E-state index in [1.54, 1.807) is 6.07 Å². The van der Waals surface area contributed by atoms with Crippen LogP contribution in [0.25, 0.3) is 0 Å². The Morgan fingerprint density at radius 3 is 2.24 bits per heavy atom. The molecule has 6 nitrogen and oxygen atoms in total. The Labute approximate surface area is 131 Å². The van der Waals surface area contributed by atoms with Gasteiger partial charge in [0.05, 0.1) is 11.4 Å². The molecule has 1 heterocycles. The van der Waals surface area contributed by atoms with E-state index < -0.39 is 10.0 Å². The molecule has 0 aliphatic rings. The standard InChI is InChI=1S/C13H24N4O2S2/c1-10-9-12(11(2)20-10)21(18,19)15-8-7-14-13(16(3)4)17(5)6/h9,15H,7-8H2,1-6H3. The highest BCUT2D eigenvalue weighted by atomic mass is 32.2. The van der Waals surface area contributed by atoms with Crippen LogP contribution in [0, 0.1) is 13.8 Å². The first-order chi connectivity index (χ1) is 9.65. The van der Waals surface area contributed by atoms with Crippen molar-refractivity contribution in [3.05, 3.63) is 15.8 Å². The molecule has 0 saturated heterocycles. The molecule has 0 spiro atoms. The first kappa shape index (κ1) is 17.9. The molecule has 0 saturated carbocycles. The summed E-state index contributed by atoms with van der Waals surface area (Å²) in [6.07, 6.45) is 0. The number of thiophene rings is 1. The fourth-order valence-electron chi connectivity index (χ4n) is 1.97. The molecule has 0 aliphatic heterocycles.